The van der Waals surface area contributed by atoms with Crippen LogP contribution in [-0.2, 0) is 5.41 Å². The number of aromatic amines is 1. The molecule has 1 heterocycles. The van der Waals surface area contributed by atoms with Crippen LogP contribution in [0.3, 0.4) is 0 Å². The molecule has 0 bridgehead atoms. The van der Waals surface area contributed by atoms with Crippen LogP contribution in [0.4, 0.5) is 4.39 Å². The quantitative estimate of drug-likeness (QED) is 0.356. The van der Waals surface area contributed by atoms with E-state index in [0.29, 0.717) is 16.2 Å². The number of fused-ring (bicyclic) bond motifs is 1. The summed E-state index contributed by atoms with van der Waals surface area (Å²) in [7, 11) is 0. The van der Waals surface area contributed by atoms with Crippen molar-refractivity contribution in [2.45, 2.75) is 43.2 Å². The Bertz CT molecular complexity index is 1350. The van der Waals surface area contributed by atoms with E-state index in [1.165, 1.54) is 12.1 Å². The van der Waals surface area contributed by atoms with Crippen molar-refractivity contribution < 1.29 is 9.13 Å². The van der Waals surface area contributed by atoms with Gasteiger partial charge in [0.25, 0.3) is 5.56 Å². The number of nitrogens with one attached hydrogen (secondary N) is 1. The Kier molecular flexibility index (Phi) is 6.15. The van der Waals surface area contributed by atoms with Gasteiger partial charge in [-0.2, -0.15) is 0 Å². The van der Waals surface area contributed by atoms with Gasteiger partial charge in [0.1, 0.15) is 11.6 Å². The van der Waals surface area contributed by atoms with Gasteiger partial charge < -0.3 is 15.5 Å². The number of benzene rings is 3. The van der Waals surface area contributed by atoms with E-state index in [4.69, 9.17) is 22.1 Å². The van der Waals surface area contributed by atoms with Crippen molar-refractivity contribution in [1.29, 1.82) is 0 Å². The van der Waals surface area contributed by atoms with Gasteiger partial charge in [-0.3, -0.25) is 4.79 Å². The summed E-state index contributed by atoms with van der Waals surface area (Å²) in [4.78, 5) is 14.7. The van der Waals surface area contributed by atoms with Crippen LogP contribution in [0, 0.1) is 5.82 Å². The van der Waals surface area contributed by atoms with Crippen LogP contribution in [0.25, 0.3) is 10.8 Å². The fourth-order valence-corrected chi connectivity index (χ4v) is 5.43. The first-order chi connectivity index (χ1) is 16.5. The van der Waals surface area contributed by atoms with Crippen molar-refractivity contribution in [3.63, 3.8) is 0 Å². The first kappa shape index (κ1) is 22.6. The normalized spacial score (nSPS) is 21.3. The van der Waals surface area contributed by atoms with Crippen LogP contribution < -0.4 is 16.0 Å². The molecule has 34 heavy (non-hydrogen) atoms. The number of hydrogen-bond donors (Lipinski definition) is 2. The van der Waals surface area contributed by atoms with E-state index in [2.05, 4.69) is 17.1 Å². The van der Waals surface area contributed by atoms with Crippen molar-refractivity contribution in [2.24, 2.45) is 5.73 Å². The number of aromatic nitrogens is 1. The molecule has 1 saturated carbocycles. The lowest BCUT2D eigenvalue weighted by atomic mass is 9.63. The second-order valence-electron chi connectivity index (χ2n) is 9.05. The predicted molar refractivity (Wildman–Crippen MR) is 134 cm³/mol. The SMILES string of the molecule is N[C@H](c1ccccc1)[C@]1(c2ccc(F)cc2)CC[C@H](Oc2cc3cc[nH]c(=O)c3cc2Cl)CC1. The van der Waals surface area contributed by atoms with Gasteiger partial charge in [0.15, 0.2) is 0 Å². The largest absolute Gasteiger partial charge is 0.489 e. The standard InChI is InChI=1S/C28H26ClFN2O2/c29-24-17-23-19(12-15-32-27(23)33)16-25(24)34-22-10-13-28(14-11-22,20-6-8-21(30)9-7-20)26(31)18-4-2-1-3-5-18/h1-9,12,15-17,22,26H,10-11,13-14,31H2,(H,32,33)/t22-,26-,28+/m1/s1. The minimum atomic E-state index is -0.324. The first-order valence-electron chi connectivity index (χ1n) is 11.5. The van der Waals surface area contributed by atoms with Crippen molar-refractivity contribution >= 4 is 22.4 Å². The fourth-order valence-electron chi connectivity index (χ4n) is 5.22. The zero-order valence-electron chi connectivity index (χ0n) is 18.6. The number of rotatable bonds is 5. The topological polar surface area (TPSA) is 68.1 Å². The van der Waals surface area contributed by atoms with Gasteiger partial charge in [-0.15, -0.1) is 0 Å². The van der Waals surface area contributed by atoms with Crippen molar-refractivity contribution in [3.05, 3.63) is 111 Å². The number of nitrogens with two attached hydrogens (primary N) is 1. The van der Waals surface area contributed by atoms with Gasteiger partial charge in [-0.1, -0.05) is 54.1 Å². The van der Waals surface area contributed by atoms with Gasteiger partial charge in [0.05, 0.1) is 11.1 Å². The van der Waals surface area contributed by atoms with Crippen molar-refractivity contribution in [2.75, 3.05) is 0 Å². The Morgan fingerprint density at radius 1 is 1.03 bits per heavy atom. The summed E-state index contributed by atoms with van der Waals surface area (Å²) in [5.41, 5.74) is 8.49. The molecule has 4 nitrogen and oxygen atoms in total. The molecule has 3 aromatic carbocycles. The molecule has 174 valence electrons. The Labute approximate surface area is 202 Å². The van der Waals surface area contributed by atoms with Crippen LogP contribution in [0.1, 0.15) is 42.9 Å². The highest BCUT2D eigenvalue weighted by Crippen LogP contribution is 2.48. The second-order valence-corrected chi connectivity index (χ2v) is 9.45. The molecule has 0 spiro atoms. The van der Waals surface area contributed by atoms with E-state index < -0.39 is 0 Å². The smallest absolute Gasteiger partial charge is 0.255 e. The molecule has 3 N–H and O–H groups in total. The van der Waals surface area contributed by atoms with Crippen LogP contribution >= 0.6 is 11.6 Å². The van der Waals surface area contributed by atoms with Gasteiger partial charge in [-0.25, -0.2) is 4.39 Å². The minimum Gasteiger partial charge on any atom is -0.489 e. The minimum absolute atomic E-state index is 0.0338. The molecule has 6 heteroatoms. The summed E-state index contributed by atoms with van der Waals surface area (Å²) < 4.78 is 20.0. The maximum Gasteiger partial charge on any atom is 0.255 e. The van der Waals surface area contributed by atoms with E-state index >= 15 is 0 Å². The van der Waals surface area contributed by atoms with Gasteiger partial charge in [0.2, 0.25) is 0 Å². The van der Waals surface area contributed by atoms with Gasteiger partial charge in [-0.05, 0) is 72.5 Å². The zero-order chi connectivity index (χ0) is 23.7. The van der Waals surface area contributed by atoms with Crippen LogP contribution in [-0.4, -0.2) is 11.1 Å². The lowest BCUT2D eigenvalue weighted by Crippen LogP contribution is -2.44. The maximum absolute atomic E-state index is 13.7. The summed E-state index contributed by atoms with van der Waals surface area (Å²) in [6.07, 6.45) is 4.73. The summed E-state index contributed by atoms with van der Waals surface area (Å²) in [5.74, 6) is 0.320. The summed E-state index contributed by atoms with van der Waals surface area (Å²) in [6.45, 7) is 0. The molecule has 1 aliphatic rings. The first-order valence-corrected chi connectivity index (χ1v) is 11.9. The average Bonchev–Trinajstić information content (AvgIpc) is 2.86. The molecule has 0 unspecified atom stereocenters. The molecule has 4 aromatic rings. The van der Waals surface area contributed by atoms with Gasteiger partial charge >= 0.3 is 0 Å². The second kappa shape index (κ2) is 9.24. The Morgan fingerprint density at radius 2 is 1.74 bits per heavy atom. The molecule has 1 aromatic heterocycles. The summed E-state index contributed by atoms with van der Waals surface area (Å²) in [6, 6.07) is 21.9. The third-order valence-electron chi connectivity index (χ3n) is 7.12. The third kappa shape index (κ3) is 4.22. The Balaban J connectivity index is 1.41. The zero-order valence-corrected chi connectivity index (χ0v) is 19.4. The molecule has 0 saturated heterocycles. The lowest BCUT2D eigenvalue weighted by Gasteiger charge is -2.45. The fraction of sp³-hybridized carbons (Fsp3) is 0.250. The Morgan fingerprint density at radius 3 is 2.44 bits per heavy atom. The molecular formula is C28H26ClFN2O2. The molecular weight excluding hydrogens is 451 g/mol. The van der Waals surface area contributed by atoms with Crippen LogP contribution in [0.2, 0.25) is 5.02 Å². The average molecular weight is 477 g/mol. The summed E-state index contributed by atoms with van der Waals surface area (Å²) >= 11 is 6.46. The maximum atomic E-state index is 13.7. The van der Waals surface area contributed by atoms with Crippen LogP contribution in [0.15, 0.2) is 83.8 Å². The molecule has 1 fully saturated rings. The number of hydrogen-bond acceptors (Lipinski definition) is 3. The number of pyridine rings is 1. The molecule has 1 aliphatic carbocycles. The Hall–Kier alpha value is -3.15. The highest BCUT2D eigenvalue weighted by Gasteiger charge is 2.43. The highest BCUT2D eigenvalue weighted by atomic mass is 35.5. The van der Waals surface area contributed by atoms with E-state index in [0.717, 1.165) is 42.2 Å². The number of H-pyrrole nitrogens is 1. The van der Waals surface area contributed by atoms with Crippen molar-refractivity contribution in [3.8, 4) is 5.75 Å². The molecule has 0 aliphatic heterocycles. The van der Waals surface area contributed by atoms with Crippen molar-refractivity contribution in [1.82, 2.24) is 4.98 Å². The summed E-state index contributed by atoms with van der Waals surface area (Å²) in [5, 5.41) is 1.74. The molecule has 1 atom stereocenters. The third-order valence-corrected chi connectivity index (χ3v) is 7.41. The van der Waals surface area contributed by atoms with E-state index in [9.17, 15) is 9.18 Å². The monoisotopic (exact) mass is 476 g/mol. The van der Waals surface area contributed by atoms with Crippen LogP contribution in [0.5, 0.6) is 5.75 Å². The van der Waals surface area contributed by atoms with E-state index in [1.54, 1.807) is 12.3 Å². The molecule has 0 amide bonds. The number of halogens is 2. The van der Waals surface area contributed by atoms with E-state index in [-0.39, 0.29) is 28.9 Å². The lowest BCUT2D eigenvalue weighted by molar-refractivity contribution is 0.104. The van der Waals surface area contributed by atoms with Gasteiger partial charge in [0, 0.05) is 23.0 Å². The predicted octanol–water partition coefficient (Wildman–Crippen LogP) is 6.28. The molecule has 5 rings (SSSR count). The number of ether oxygens (including phenoxy) is 1. The highest BCUT2D eigenvalue weighted by molar-refractivity contribution is 6.32. The molecule has 0 radical (unpaired) electrons. The van der Waals surface area contributed by atoms with E-state index in [1.807, 2.05) is 42.5 Å².